The van der Waals surface area contributed by atoms with Crippen LogP contribution in [0.2, 0.25) is 0 Å². The molecule has 0 aliphatic carbocycles. The first-order valence-electron chi connectivity index (χ1n) is 9.32. The van der Waals surface area contributed by atoms with Crippen LogP contribution in [-0.4, -0.2) is 35.2 Å². The van der Waals surface area contributed by atoms with Crippen LogP contribution in [-0.2, 0) is 22.5 Å². The van der Waals surface area contributed by atoms with Gasteiger partial charge in [-0.05, 0) is 50.6 Å². The molecule has 0 bridgehead atoms. The molecular formula is C20H23N3O6S. The minimum absolute atomic E-state index is 0.0255. The monoisotopic (exact) mass is 433 g/mol. The summed E-state index contributed by atoms with van der Waals surface area (Å²) < 4.78 is 11.0. The van der Waals surface area contributed by atoms with Gasteiger partial charge in [-0.3, -0.25) is 15.5 Å². The van der Waals surface area contributed by atoms with Crippen molar-refractivity contribution in [2.45, 2.75) is 39.4 Å². The van der Waals surface area contributed by atoms with Gasteiger partial charge in [-0.25, -0.2) is 15.0 Å². The zero-order chi connectivity index (χ0) is 21.9. The van der Waals surface area contributed by atoms with Crippen LogP contribution in [0.15, 0.2) is 24.3 Å². The van der Waals surface area contributed by atoms with Gasteiger partial charge >= 0.3 is 12.0 Å². The number of carbonyl (C=O) groups excluding carboxylic acids is 3. The van der Waals surface area contributed by atoms with E-state index in [0.29, 0.717) is 23.6 Å². The maximum Gasteiger partial charge on any atom is 0.341 e. The number of amides is 3. The zero-order valence-electron chi connectivity index (χ0n) is 16.8. The van der Waals surface area contributed by atoms with E-state index in [1.54, 1.807) is 6.92 Å². The van der Waals surface area contributed by atoms with Gasteiger partial charge in [0.1, 0.15) is 10.8 Å². The van der Waals surface area contributed by atoms with Crippen molar-refractivity contribution in [3.05, 3.63) is 45.8 Å². The van der Waals surface area contributed by atoms with E-state index in [9.17, 15) is 19.5 Å². The third-order valence-corrected chi connectivity index (χ3v) is 5.53. The van der Waals surface area contributed by atoms with E-state index in [0.717, 1.165) is 10.4 Å². The van der Waals surface area contributed by atoms with Gasteiger partial charge in [0.05, 0.1) is 24.4 Å². The molecule has 1 aliphatic rings. The quantitative estimate of drug-likeness (QED) is 0.434. The Morgan fingerprint density at radius 3 is 2.57 bits per heavy atom. The van der Waals surface area contributed by atoms with Gasteiger partial charge in [-0.1, -0.05) is 0 Å². The van der Waals surface area contributed by atoms with Crippen LogP contribution >= 0.6 is 11.3 Å². The molecule has 10 heteroatoms. The number of hydrogen-bond acceptors (Lipinski definition) is 7. The molecule has 0 saturated carbocycles. The fraction of sp³-hybridized carbons (Fsp3) is 0.350. The summed E-state index contributed by atoms with van der Waals surface area (Å²) in [5.41, 5.74) is 5.45. The molecule has 0 unspecified atom stereocenters. The van der Waals surface area contributed by atoms with E-state index >= 15 is 0 Å². The van der Waals surface area contributed by atoms with Crippen LogP contribution in [0.1, 0.15) is 51.9 Å². The lowest BCUT2D eigenvalue weighted by atomic mass is 9.93. The molecule has 3 rings (SSSR count). The summed E-state index contributed by atoms with van der Waals surface area (Å²) in [6, 6.07) is 4.84. The number of esters is 1. The van der Waals surface area contributed by atoms with Crippen molar-refractivity contribution in [1.29, 1.82) is 0 Å². The number of rotatable bonds is 4. The minimum atomic E-state index is -0.716. The average Bonchev–Trinajstić information content (AvgIpc) is 3.02. The van der Waals surface area contributed by atoms with Crippen LogP contribution in [0.25, 0.3) is 0 Å². The lowest BCUT2D eigenvalue weighted by Gasteiger charge is -2.30. The number of thiophene rings is 1. The van der Waals surface area contributed by atoms with Crippen molar-refractivity contribution in [2.75, 3.05) is 11.9 Å². The van der Waals surface area contributed by atoms with Gasteiger partial charge in [0.25, 0.3) is 5.91 Å². The van der Waals surface area contributed by atoms with Crippen molar-refractivity contribution in [2.24, 2.45) is 0 Å². The van der Waals surface area contributed by atoms with Crippen LogP contribution in [0, 0.1) is 0 Å². The van der Waals surface area contributed by atoms with Gasteiger partial charge in [0.15, 0.2) is 0 Å². The molecule has 0 atom stereocenters. The second-order valence-electron chi connectivity index (χ2n) is 7.23. The molecule has 3 amide bonds. The second-order valence-corrected chi connectivity index (χ2v) is 8.34. The highest BCUT2D eigenvalue weighted by Gasteiger charge is 2.34. The molecule has 160 valence electrons. The minimum Gasteiger partial charge on any atom is -0.508 e. The molecule has 4 N–H and O–H groups in total. The fourth-order valence-electron chi connectivity index (χ4n) is 2.99. The van der Waals surface area contributed by atoms with E-state index in [2.05, 4.69) is 16.2 Å². The van der Waals surface area contributed by atoms with Gasteiger partial charge < -0.3 is 14.6 Å². The largest absolute Gasteiger partial charge is 0.508 e. The Morgan fingerprint density at radius 2 is 1.90 bits per heavy atom. The first-order valence-corrected chi connectivity index (χ1v) is 10.1. The molecule has 0 saturated heterocycles. The molecule has 2 heterocycles. The maximum absolute atomic E-state index is 12.6. The molecule has 2 aromatic rings. The molecule has 1 aromatic carbocycles. The number of nitrogens with one attached hydrogen (secondary N) is 3. The summed E-state index contributed by atoms with van der Waals surface area (Å²) in [5.74, 6) is -1.05. The molecule has 1 aliphatic heterocycles. The van der Waals surface area contributed by atoms with Crippen LogP contribution in [0.3, 0.4) is 0 Å². The Kier molecular flexibility index (Phi) is 6.28. The average molecular weight is 433 g/mol. The number of fused-ring (bicyclic) bond motifs is 1. The number of ether oxygens (including phenoxy) is 2. The van der Waals surface area contributed by atoms with Crippen LogP contribution in [0.5, 0.6) is 5.75 Å². The summed E-state index contributed by atoms with van der Waals surface area (Å²) >= 11 is 1.24. The predicted octanol–water partition coefficient (Wildman–Crippen LogP) is 2.95. The Balaban J connectivity index is 1.73. The number of anilines is 1. The number of carbonyl (C=O) groups is 3. The van der Waals surface area contributed by atoms with Crippen LogP contribution < -0.4 is 16.2 Å². The van der Waals surface area contributed by atoms with Gasteiger partial charge in [-0.2, -0.15) is 0 Å². The standard InChI is InChI=1S/C20H23N3O6S/c1-4-28-18(26)15-13-9-20(2,3)29-10-14(13)30-17(15)21-19(27)23-22-16(25)11-5-7-12(24)8-6-11/h5-8,24H,4,9-10H2,1-3H3,(H,22,25)(H2,21,23,27). The third-order valence-electron chi connectivity index (χ3n) is 4.41. The fourth-order valence-corrected chi connectivity index (χ4v) is 4.11. The number of benzene rings is 1. The van der Waals surface area contributed by atoms with Gasteiger partial charge in [0, 0.05) is 16.9 Å². The van der Waals surface area contributed by atoms with Crippen LogP contribution in [0.4, 0.5) is 9.80 Å². The van der Waals surface area contributed by atoms with Crippen molar-refractivity contribution in [3.8, 4) is 5.75 Å². The van der Waals surface area contributed by atoms with Crippen molar-refractivity contribution in [3.63, 3.8) is 0 Å². The Hall–Kier alpha value is -3.11. The molecule has 0 radical (unpaired) electrons. The van der Waals surface area contributed by atoms with E-state index in [-0.39, 0.29) is 17.9 Å². The highest BCUT2D eigenvalue weighted by molar-refractivity contribution is 7.17. The second kappa shape index (κ2) is 8.72. The van der Waals surface area contributed by atoms with E-state index in [1.165, 1.54) is 35.6 Å². The number of phenols is 1. The number of urea groups is 1. The highest BCUT2D eigenvalue weighted by Crippen LogP contribution is 2.40. The van der Waals surface area contributed by atoms with Gasteiger partial charge in [-0.15, -0.1) is 11.3 Å². The smallest absolute Gasteiger partial charge is 0.341 e. The lowest BCUT2D eigenvalue weighted by molar-refractivity contribution is -0.0384. The summed E-state index contributed by atoms with van der Waals surface area (Å²) in [6.07, 6.45) is 0.508. The number of hydrogen-bond donors (Lipinski definition) is 4. The summed E-state index contributed by atoms with van der Waals surface area (Å²) in [4.78, 5) is 37.8. The molecule has 30 heavy (non-hydrogen) atoms. The summed E-state index contributed by atoms with van der Waals surface area (Å²) in [6.45, 7) is 6.11. The Labute approximate surface area is 177 Å². The van der Waals surface area contributed by atoms with Gasteiger partial charge in [0.2, 0.25) is 0 Å². The highest BCUT2D eigenvalue weighted by atomic mass is 32.1. The SMILES string of the molecule is CCOC(=O)c1c(NC(=O)NNC(=O)c2ccc(O)cc2)sc2c1CC(C)(C)OC2. The van der Waals surface area contributed by atoms with Crippen molar-refractivity contribution in [1.82, 2.24) is 10.9 Å². The molecule has 1 aromatic heterocycles. The first-order chi connectivity index (χ1) is 14.2. The normalized spacial score (nSPS) is 14.4. The van der Waals surface area contributed by atoms with Crippen molar-refractivity contribution >= 4 is 34.2 Å². The summed E-state index contributed by atoms with van der Waals surface area (Å²) in [7, 11) is 0. The van der Waals surface area contributed by atoms with E-state index < -0.39 is 23.5 Å². The first kappa shape index (κ1) is 21.6. The predicted molar refractivity (Wildman–Crippen MR) is 111 cm³/mol. The lowest BCUT2D eigenvalue weighted by Crippen LogP contribution is -2.44. The van der Waals surface area contributed by atoms with Crippen molar-refractivity contribution < 1.29 is 29.0 Å². The third kappa shape index (κ3) is 4.89. The molecule has 0 spiro atoms. The number of aromatic hydroxyl groups is 1. The topological polar surface area (TPSA) is 126 Å². The maximum atomic E-state index is 12.6. The molecule has 9 nitrogen and oxygen atoms in total. The van der Waals surface area contributed by atoms with E-state index in [4.69, 9.17) is 9.47 Å². The Bertz CT molecular complexity index is 968. The molecular weight excluding hydrogens is 410 g/mol. The number of phenolic OH excluding ortho intramolecular Hbond substituents is 1. The van der Waals surface area contributed by atoms with E-state index in [1.807, 2.05) is 13.8 Å². The zero-order valence-corrected chi connectivity index (χ0v) is 17.6. The Morgan fingerprint density at radius 1 is 1.20 bits per heavy atom. The number of hydrazine groups is 1. The molecule has 0 fully saturated rings. The summed E-state index contributed by atoms with van der Waals surface area (Å²) in [5, 5.41) is 12.2.